The molecule has 0 spiro atoms. The zero-order chi connectivity index (χ0) is 20.1. The molecule has 0 unspecified atom stereocenters. The molecule has 2 aliphatic heterocycles. The average molecular weight is 410 g/mol. The Bertz CT molecular complexity index is 1000. The number of halogens is 3. The Morgan fingerprint density at radius 3 is 2.54 bits per heavy atom. The van der Waals surface area contributed by atoms with Gasteiger partial charge < -0.3 is 10.2 Å². The van der Waals surface area contributed by atoms with E-state index in [4.69, 9.17) is 0 Å². The fourth-order valence-corrected chi connectivity index (χ4v) is 5.93. The minimum Gasteiger partial charge on any atom is -0.371 e. The smallest absolute Gasteiger partial charge is 0.371 e. The average Bonchev–Trinajstić information content (AvgIpc) is 2.81. The summed E-state index contributed by atoms with van der Waals surface area (Å²) in [5, 5.41) is 3.35. The topological polar surface area (TPSA) is 49.4 Å². The molecule has 28 heavy (non-hydrogen) atoms. The van der Waals surface area contributed by atoms with Gasteiger partial charge in [0, 0.05) is 24.7 Å². The summed E-state index contributed by atoms with van der Waals surface area (Å²) in [5.74, 6) is 0.169. The van der Waals surface area contributed by atoms with E-state index >= 15 is 0 Å². The second kappa shape index (κ2) is 6.77. The van der Waals surface area contributed by atoms with Gasteiger partial charge in [0.1, 0.15) is 0 Å². The highest BCUT2D eigenvalue weighted by Crippen LogP contribution is 2.45. The van der Waals surface area contributed by atoms with Crippen LogP contribution in [0, 0.1) is 0 Å². The Kier molecular flexibility index (Phi) is 4.66. The van der Waals surface area contributed by atoms with Crippen molar-refractivity contribution < 1.29 is 21.6 Å². The van der Waals surface area contributed by atoms with Crippen LogP contribution in [-0.4, -0.2) is 34.6 Å². The van der Waals surface area contributed by atoms with Crippen molar-refractivity contribution in [2.75, 3.05) is 25.0 Å². The number of fused-ring (bicyclic) bond motifs is 3. The lowest BCUT2D eigenvalue weighted by Gasteiger charge is -2.24. The van der Waals surface area contributed by atoms with Gasteiger partial charge in [0.2, 0.25) is 9.84 Å². The molecule has 0 aromatic heterocycles. The number of nitrogens with zero attached hydrogens (tertiary/aromatic N) is 1. The Morgan fingerprint density at radius 1 is 1.07 bits per heavy atom. The Labute approximate surface area is 162 Å². The van der Waals surface area contributed by atoms with E-state index in [-0.39, 0.29) is 16.9 Å². The Hall–Kier alpha value is -2.06. The second-order valence-electron chi connectivity index (χ2n) is 7.33. The number of benzene rings is 2. The van der Waals surface area contributed by atoms with E-state index in [2.05, 4.69) is 10.2 Å². The van der Waals surface area contributed by atoms with Gasteiger partial charge in [-0.15, -0.1) is 0 Å². The molecule has 0 radical (unpaired) electrons. The van der Waals surface area contributed by atoms with Gasteiger partial charge in [-0.3, -0.25) is 0 Å². The van der Waals surface area contributed by atoms with Crippen LogP contribution >= 0.6 is 0 Å². The van der Waals surface area contributed by atoms with Crippen LogP contribution in [0.15, 0.2) is 52.3 Å². The third-order valence-corrected chi connectivity index (χ3v) is 7.59. The maximum atomic E-state index is 13.4. The molecule has 0 amide bonds. The molecular weight excluding hydrogens is 389 g/mol. The number of hydrogen-bond acceptors (Lipinski definition) is 4. The molecule has 2 heterocycles. The van der Waals surface area contributed by atoms with Crippen molar-refractivity contribution in [3.05, 3.63) is 53.6 Å². The lowest BCUT2D eigenvalue weighted by Crippen LogP contribution is -2.30. The lowest BCUT2D eigenvalue weighted by atomic mass is 9.91. The van der Waals surface area contributed by atoms with Crippen LogP contribution in [0.5, 0.6) is 0 Å². The number of rotatable bonds is 2. The predicted octanol–water partition coefficient (Wildman–Crippen LogP) is 3.82. The first-order chi connectivity index (χ1) is 13.2. The Balaban J connectivity index is 1.81. The van der Waals surface area contributed by atoms with Crippen LogP contribution < -0.4 is 10.2 Å². The fraction of sp³-hybridized carbons (Fsp3) is 0.400. The summed E-state index contributed by atoms with van der Waals surface area (Å²) in [6.45, 7) is 1.73. The van der Waals surface area contributed by atoms with Gasteiger partial charge in [0.05, 0.1) is 15.4 Å². The molecule has 0 saturated carbocycles. The van der Waals surface area contributed by atoms with Crippen molar-refractivity contribution in [1.29, 1.82) is 0 Å². The monoisotopic (exact) mass is 410 g/mol. The molecule has 0 bridgehead atoms. The number of sulfone groups is 1. The van der Waals surface area contributed by atoms with E-state index in [0.29, 0.717) is 0 Å². The maximum absolute atomic E-state index is 13.4. The molecule has 1 fully saturated rings. The first kappa shape index (κ1) is 19.3. The van der Waals surface area contributed by atoms with E-state index in [0.717, 1.165) is 49.3 Å². The van der Waals surface area contributed by atoms with E-state index < -0.39 is 26.5 Å². The van der Waals surface area contributed by atoms with E-state index in [1.54, 1.807) is 12.1 Å². The van der Waals surface area contributed by atoms with Gasteiger partial charge in [-0.2, -0.15) is 13.2 Å². The minimum atomic E-state index is -4.74. The molecule has 2 aromatic rings. The summed E-state index contributed by atoms with van der Waals surface area (Å²) in [6.07, 6.45) is -2.93. The highest BCUT2D eigenvalue weighted by molar-refractivity contribution is 7.91. The molecule has 4 rings (SSSR count). The van der Waals surface area contributed by atoms with Crippen LogP contribution in [0.1, 0.15) is 29.9 Å². The summed E-state index contributed by atoms with van der Waals surface area (Å²) < 4.78 is 66.2. The lowest BCUT2D eigenvalue weighted by molar-refractivity contribution is -0.139. The van der Waals surface area contributed by atoms with Crippen LogP contribution in [0.25, 0.3) is 0 Å². The van der Waals surface area contributed by atoms with E-state index in [9.17, 15) is 21.6 Å². The molecule has 2 atom stereocenters. The number of anilines is 1. The summed E-state index contributed by atoms with van der Waals surface area (Å²) >= 11 is 0. The van der Waals surface area contributed by atoms with Crippen LogP contribution in [0.3, 0.4) is 0 Å². The summed E-state index contributed by atoms with van der Waals surface area (Å²) in [5.41, 5.74) is 0.728. The number of hydrogen-bond donors (Lipinski definition) is 1. The van der Waals surface area contributed by atoms with E-state index in [1.165, 1.54) is 18.2 Å². The minimum absolute atomic E-state index is 0.0887. The van der Waals surface area contributed by atoms with E-state index in [1.807, 2.05) is 7.05 Å². The highest BCUT2D eigenvalue weighted by Gasteiger charge is 2.40. The maximum Gasteiger partial charge on any atom is 0.417 e. The molecule has 1 saturated heterocycles. The van der Waals surface area contributed by atoms with Crippen molar-refractivity contribution in [2.45, 2.75) is 40.8 Å². The quantitative estimate of drug-likeness (QED) is 0.818. The molecule has 1 N–H and O–H groups in total. The van der Waals surface area contributed by atoms with Gasteiger partial charge in [-0.1, -0.05) is 12.1 Å². The number of likely N-dealkylation sites (N-methyl/N-ethyl adjacent to an activating group) is 1. The standard InChI is InChI=1S/C20H21F3N2O2S/c1-25-17-7-6-13(12-15(17)14-8-10-24-11-9-18(14)25)28(26,27)19-5-3-2-4-16(19)20(21,22)23/h2-7,12,14,18,24H,8-11H2,1H3/t14-,18-/m0/s1. The van der Waals surface area contributed by atoms with Crippen molar-refractivity contribution in [3.63, 3.8) is 0 Å². The van der Waals surface area contributed by atoms with Gasteiger partial charge in [-0.05, 0) is 61.8 Å². The van der Waals surface area contributed by atoms with Crippen molar-refractivity contribution in [1.82, 2.24) is 5.32 Å². The third-order valence-electron chi connectivity index (χ3n) is 5.78. The molecule has 4 nitrogen and oxygen atoms in total. The summed E-state index contributed by atoms with van der Waals surface area (Å²) in [7, 11) is -2.30. The zero-order valence-corrected chi connectivity index (χ0v) is 16.1. The zero-order valence-electron chi connectivity index (χ0n) is 15.3. The summed E-state index contributed by atoms with van der Waals surface area (Å²) in [6, 6.07) is 9.33. The predicted molar refractivity (Wildman–Crippen MR) is 100 cm³/mol. The first-order valence-electron chi connectivity index (χ1n) is 9.20. The SMILES string of the molecule is CN1c2ccc(S(=O)(=O)c3ccccc3C(F)(F)F)cc2[C@@H]2CCNCC[C@@H]21. The van der Waals surface area contributed by atoms with Crippen LogP contribution in [0.2, 0.25) is 0 Å². The molecule has 0 aliphatic carbocycles. The van der Waals surface area contributed by atoms with Crippen molar-refractivity contribution in [2.24, 2.45) is 0 Å². The van der Waals surface area contributed by atoms with Gasteiger partial charge in [0.15, 0.2) is 0 Å². The fourth-order valence-electron chi connectivity index (χ4n) is 4.41. The second-order valence-corrected chi connectivity index (χ2v) is 9.25. The Morgan fingerprint density at radius 2 is 1.79 bits per heavy atom. The third kappa shape index (κ3) is 3.08. The normalized spacial score (nSPS) is 22.5. The van der Waals surface area contributed by atoms with Crippen LogP contribution in [-0.2, 0) is 16.0 Å². The number of nitrogens with one attached hydrogen (secondary N) is 1. The molecular formula is C20H21F3N2O2S. The molecule has 2 aliphatic rings. The summed E-state index contributed by atoms with van der Waals surface area (Å²) in [4.78, 5) is 1.37. The first-order valence-corrected chi connectivity index (χ1v) is 10.7. The number of alkyl halides is 3. The highest BCUT2D eigenvalue weighted by atomic mass is 32.2. The molecule has 150 valence electrons. The van der Waals surface area contributed by atoms with Crippen molar-refractivity contribution in [3.8, 4) is 0 Å². The largest absolute Gasteiger partial charge is 0.417 e. The molecule has 8 heteroatoms. The van der Waals surface area contributed by atoms with Crippen molar-refractivity contribution >= 4 is 15.5 Å². The van der Waals surface area contributed by atoms with Gasteiger partial charge in [-0.25, -0.2) is 8.42 Å². The van der Waals surface area contributed by atoms with Gasteiger partial charge >= 0.3 is 6.18 Å². The van der Waals surface area contributed by atoms with Gasteiger partial charge in [0.25, 0.3) is 0 Å². The van der Waals surface area contributed by atoms with Crippen LogP contribution in [0.4, 0.5) is 18.9 Å². The molecule has 2 aromatic carbocycles.